The molecule has 0 bridgehead atoms. The van der Waals surface area contributed by atoms with E-state index >= 15 is 0 Å². The van der Waals surface area contributed by atoms with Crippen molar-refractivity contribution >= 4 is 22.7 Å². The normalized spacial score (nSPS) is 11.2. The first-order valence-electron chi connectivity index (χ1n) is 8.79. The van der Waals surface area contributed by atoms with Gasteiger partial charge in [-0.05, 0) is 30.3 Å². The Hall–Kier alpha value is -3.86. The largest absolute Gasteiger partial charge is 0.497 e. The Kier molecular flexibility index (Phi) is 4.64. The topological polar surface area (TPSA) is 63.8 Å². The van der Waals surface area contributed by atoms with Crippen LogP contribution in [-0.4, -0.2) is 23.0 Å². The SMILES string of the molecule is COc1cccc(N=Cc2c(O)n(-c3ccccc3)c(=O)c3ccccc23)c1. The summed E-state index contributed by atoms with van der Waals surface area (Å²) in [6, 6.07) is 23.6. The smallest absolute Gasteiger partial charge is 0.265 e. The Balaban J connectivity index is 1.95. The molecule has 28 heavy (non-hydrogen) atoms. The minimum absolute atomic E-state index is 0.151. The first-order valence-corrected chi connectivity index (χ1v) is 8.79. The summed E-state index contributed by atoms with van der Waals surface area (Å²) in [7, 11) is 1.60. The Bertz CT molecular complexity index is 1230. The lowest BCUT2D eigenvalue weighted by atomic mass is 10.1. The van der Waals surface area contributed by atoms with Crippen LogP contribution in [0.5, 0.6) is 11.6 Å². The number of ether oxygens (including phenoxy) is 1. The van der Waals surface area contributed by atoms with Crippen molar-refractivity contribution in [3.63, 3.8) is 0 Å². The molecule has 4 aromatic rings. The second kappa shape index (κ2) is 7.40. The summed E-state index contributed by atoms with van der Waals surface area (Å²) in [5, 5.41) is 12.1. The summed E-state index contributed by atoms with van der Waals surface area (Å²) in [4.78, 5) is 17.5. The van der Waals surface area contributed by atoms with E-state index in [1.807, 2.05) is 42.5 Å². The monoisotopic (exact) mass is 370 g/mol. The molecule has 4 rings (SSSR count). The molecule has 1 heterocycles. The number of rotatable bonds is 4. The van der Waals surface area contributed by atoms with E-state index in [-0.39, 0.29) is 11.4 Å². The van der Waals surface area contributed by atoms with E-state index < -0.39 is 0 Å². The third kappa shape index (κ3) is 3.14. The van der Waals surface area contributed by atoms with Crippen LogP contribution in [0.2, 0.25) is 0 Å². The zero-order chi connectivity index (χ0) is 19.5. The molecule has 138 valence electrons. The van der Waals surface area contributed by atoms with Crippen molar-refractivity contribution in [1.82, 2.24) is 4.57 Å². The van der Waals surface area contributed by atoms with Gasteiger partial charge >= 0.3 is 0 Å². The molecule has 0 saturated carbocycles. The van der Waals surface area contributed by atoms with E-state index in [0.717, 1.165) is 0 Å². The van der Waals surface area contributed by atoms with Crippen LogP contribution in [0, 0.1) is 0 Å². The lowest BCUT2D eigenvalue weighted by molar-refractivity contribution is 0.415. The van der Waals surface area contributed by atoms with Gasteiger partial charge in [-0.15, -0.1) is 0 Å². The average molecular weight is 370 g/mol. The highest BCUT2D eigenvalue weighted by Gasteiger charge is 2.16. The zero-order valence-electron chi connectivity index (χ0n) is 15.2. The molecular weight excluding hydrogens is 352 g/mol. The molecule has 5 nitrogen and oxygen atoms in total. The third-order valence-corrected chi connectivity index (χ3v) is 4.51. The second-order valence-electron chi connectivity index (χ2n) is 6.22. The van der Waals surface area contributed by atoms with Crippen LogP contribution in [0.15, 0.2) is 88.6 Å². The summed E-state index contributed by atoms with van der Waals surface area (Å²) in [6.45, 7) is 0. The predicted molar refractivity (Wildman–Crippen MR) is 111 cm³/mol. The first kappa shape index (κ1) is 17.5. The van der Waals surface area contributed by atoms with Gasteiger partial charge in [-0.2, -0.15) is 0 Å². The van der Waals surface area contributed by atoms with Crippen molar-refractivity contribution in [2.75, 3.05) is 7.11 Å². The number of methoxy groups -OCH3 is 1. The van der Waals surface area contributed by atoms with Gasteiger partial charge in [0.1, 0.15) is 5.75 Å². The van der Waals surface area contributed by atoms with Crippen molar-refractivity contribution in [2.24, 2.45) is 4.99 Å². The quantitative estimate of drug-likeness (QED) is 0.540. The standard InChI is InChI=1S/C23H18N2O3/c1-28-18-11-7-8-16(14-18)24-15-21-19-12-5-6-13-20(19)22(26)25(23(21)27)17-9-3-2-4-10-17/h2-15,27H,1H3. The van der Waals surface area contributed by atoms with Gasteiger partial charge in [0.15, 0.2) is 0 Å². The molecule has 0 saturated heterocycles. The Morgan fingerprint density at radius 1 is 0.929 bits per heavy atom. The minimum Gasteiger partial charge on any atom is -0.497 e. The van der Waals surface area contributed by atoms with Gasteiger partial charge in [-0.1, -0.05) is 42.5 Å². The Morgan fingerprint density at radius 2 is 1.64 bits per heavy atom. The van der Waals surface area contributed by atoms with Crippen molar-refractivity contribution in [3.8, 4) is 17.3 Å². The molecule has 0 fully saturated rings. The molecule has 0 aliphatic carbocycles. The molecule has 0 spiro atoms. The van der Waals surface area contributed by atoms with Crippen LogP contribution in [0.3, 0.4) is 0 Å². The number of hydrogen-bond donors (Lipinski definition) is 1. The molecule has 0 amide bonds. The van der Waals surface area contributed by atoms with Crippen molar-refractivity contribution < 1.29 is 9.84 Å². The first-order chi connectivity index (χ1) is 13.7. The van der Waals surface area contributed by atoms with E-state index in [4.69, 9.17) is 4.74 Å². The summed E-state index contributed by atoms with van der Waals surface area (Å²) >= 11 is 0. The molecular formula is C23H18N2O3. The molecule has 0 unspecified atom stereocenters. The number of hydrogen-bond acceptors (Lipinski definition) is 4. The minimum atomic E-state index is -0.280. The van der Waals surface area contributed by atoms with E-state index in [0.29, 0.717) is 33.5 Å². The number of nitrogens with zero attached hydrogens (tertiary/aromatic N) is 2. The number of fused-ring (bicyclic) bond motifs is 1. The van der Waals surface area contributed by atoms with Crippen LogP contribution in [0.1, 0.15) is 5.56 Å². The van der Waals surface area contributed by atoms with Crippen LogP contribution in [-0.2, 0) is 0 Å². The third-order valence-electron chi connectivity index (χ3n) is 4.51. The Morgan fingerprint density at radius 3 is 2.39 bits per heavy atom. The lowest BCUT2D eigenvalue weighted by Gasteiger charge is -2.13. The van der Waals surface area contributed by atoms with Gasteiger partial charge < -0.3 is 9.84 Å². The molecule has 5 heteroatoms. The second-order valence-corrected chi connectivity index (χ2v) is 6.22. The number of para-hydroxylation sites is 1. The summed E-state index contributed by atoms with van der Waals surface area (Å²) in [5.41, 5.74) is 1.46. The van der Waals surface area contributed by atoms with E-state index in [1.54, 1.807) is 49.7 Å². The maximum Gasteiger partial charge on any atom is 0.265 e. The molecule has 0 aliphatic rings. The van der Waals surface area contributed by atoms with Gasteiger partial charge in [0, 0.05) is 23.1 Å². The van der Waals surface area contributed by atoms with Gasteiger partial charge in [0.05, 0.1) is 24.0 Å². The van der Waals surface area contributed by atoms with Crippen LogP contribution >= 0.6 is 0 Å². The molecule has 0 radical (unpaired) electrons. The van der Waals surface area contributed by atoms with Gasteiger partial charge in [-0.25, -0.2) is 4.57 Å². The van der Waals surface area contributed by atoms with Gasteiger partial charge in [0.2, 0.25) is 5.88 Å². The van der Waals surface area contributed by atoms with Crippen molar-refractivity contribution in [1.29, 1.82) is 0 Å². The van der Waals surface area contributed by atoms with E-state index in [2.05, 4.69) is 4.99 Å². The number of benzene rings is 3. The predicted octanol–water partition coefficient (Wildman–Crippen LogP) is 4.46. The average Bonchev–Trinajstić information content (AvgIpc) is 2.75. The van der Waals surface area contributed by atoms with Crippen molar-refractivity contribution in [3.05, 3.63) is 94.8 Å². The molecule has 1 aromatic heterocycles. The van der Waals surface area contributed by atoms with Gasteiger partial charge in [0.25, 0.3) is 5.56 Å². The number of aromatic nitrogens is 1. The van der Waals surface area contributed by atoms with E-state index in [1.165, 1.54) is 4.57 Å². The highest BCUT2D eigenvalue weighted by atomic mass is 16.5. The zero-order valence-corrected chi connectivity index (χ0v) is 15.2. The molecule has 3 aromatic carbocycles. The Labute approximate surface area is 161 Å². The van der Waals surface area contributed by atoms with Crippen LogP contribution < -0.4 is 10.3 Å². The maximum atomic E-state index is 13.0. The van der Waals surface area contributed by atoms with Gasteiger partial charge in [-0.3, -0.25) is 9.79 Å². The highest BCUT2D eigenvalue weighted by Crippen LogP contribution is 2.27. The summed E-state index contributed by atoms with van der Waals surface area (Å²) < 4.78 is 6.53. The lowest BCUT2D eigenvalue weighted by Crippen LogP contribution is -2.20. The molecule has 1 N–H and O–H groups in total. The molecule has 0 atom stereocenters. The number of aliphatic imine (C=N–C) groups is 1. The fourth-order valence-electron chi connectivity index (χ4n) is 3.14. The van der Waals surface area contributed by atoms with Crippen LogP contribution in [0.25, 0.3) is 16.5 Å². The van der Waals surface area contributed by atoms with Crippen LogP contribution in [0.4, 0.5) is 5.69 Å². The fraction of sp³-hybridized carbons (Fsp3) is 0.0435. The summed E-state index contributed by atoms with van der Waals surface area (Å²) in [5.74, 6) is 0.541. The highest BCUT2D eigenvalue weighted by molar-refractivity contribution is 6.02. The van der Waals surface area contributed by atoms with E-state index in [9.17, 15) is 9.90 Å². The molecule has 0 aliphatic heterocycles. The summed E-state index contributed by atoms with van der Waals surface area (Å²) in [6.07, 6.45) is 1.57. The number of pyridine rings is 1. The number of aromatic hydroxyl groups is 1. The fourth-order valence-corrected chi connectivity index (χ4v) is 3.14. The maximum absolute atomic E-state index is 13.0. The van der Waals surface area contributed by atoms with Crippen molar-refractivity contribution in [2.45, 2.75) is 0 Å².